The third-order valence-electron chi connectivity index (χ3n) is 2.99. The molecule has 17 heavy (non-hydrogen) atoms. The highest BCUT2D eigenvalue weighted by atomic mass is 32.2. The second-order valence-corrected chi connectivity index (χ2v) is 5.40. The van der Waals surface area contributed by atoms with E-state index in [1.54, 1.807) is 11.9 Å². The predicted octanol–water partition coefficient (Wildman–Crippen LogP) is 2.18. The van der Waals surface area contributed by atoms with E-state index in [4.69, 9.17) is 0 Å². The molecule has 0 saturated heterocycles. The van der Waals surface area contributed by atoms with Crippen LogP contribution in [0.1, 0.15) is 19.8 Å². The van der Waals surface area contributed by atoms with Crippen LogP contribution in [0.15, 0.2) is 23.1 Å². The van der Waals surface area contributed by atoms with Crippen molar-refractivity contribution in [2.75, 3.05) is 16.9 Å². The van der Waals surface area contributed by atoms with Crippen molar-refractivity contribution >= 4 is 29.2 Å². The molecule has 0 radical (unpaired) electrons. The average molecular weight is 249 g/mol. The van der Waals surface area contributed by atoms with Crippen molar-refractivity contribution in [2.45, 2.75) is 30.7 Å². The van der Waals surface area contributed by atoms with E-state index in [1.165, 1.54) is 30.3 Å². The Balaban J connectivity index is 1.89. The monoisotopic (exact) mass is 249 g/mol. The van der Waals surface area contributed by atoms with E-state index in [1.807, 2.05) is 12.1 Å². The van der Waals surface area contributed by atoms with Gasteiger partial charge in [-0.2, -0.15) is 0 Å². The molecule has 1 aromatic rings. The van der Waals surface area contributed by atoms with Crippen molar-refractivity contribution in [3.63, 3.8) is 0 Å². The molecule has 90 valence electrons. The minimum atomic E-state index is -0.0298. The Kier molecular flexibility index (Phi) is 2.72. The van der Waals surface area contributed by atoms with Gasteiger partial charge in [0, 0.05) is 23.5 Å². The van der Waals surface area contributed by atoms with Gasteiger partial charge in [-0.3, -0.25) is 4.79 Å². The van der Waals surface area contributed by atoms with E-state index in [-0.39, 0.29) is 5.91 Å². The SMILES string of the molecule is CC(=O)Nc1ccc2c(c1)SNCN2C1CC1. The molecule has 1 saturated carbocycles. The number of fused-ring (bicyclic) bond motifs is 1. The molecule has 1 aliphatic carbocycles. The van der Waals surface area contributed by atoms with E-state index >= 15 is 0 Å². The molecular formula is C12H15N3OS. The molecule has 3 rings (SSSR count). The van der Waals surface area contributed by atoms with Gasteiger partial charge in [-0.05, 0) is 43.0 Å². The van der Waals surface area contributed by atoms with E-state index in [0.717, 1.165) is 12.4 Å². The van der Waals surface area contributed by atoms with Gasteiger partial charge in [0.05, 0.1) is 12.4 Å². The number of amides is 1. The number of carbonyl (C=O) groups excluding carboxylic acids is 1. The van der Waals surface area contributed by atoms with Crippen molar-refractivity contribution in [2.24, 2.45) is 0 Å². The number of nitrogens with one attached hydrogen (secondary N) is 2. The quantitative estimate of drug-likeness (QED) is 0.789. The Labute approximate surface area is 105 Å². The minimum absolute atomic E-state index is 0.0298. The summed E-state index contributed by atoms with van der Waals surface area (Å²) in [4.78, 5) is 14.6. The highest BCUT2D eigenvalue weighted by molar-refractivity contribution is 7.97. The number of anilines is 2. The molecule has 2 aliphatic rings. The average Bonchev–Trinajstić information content (AvgIpc) is 3.11. The van der Waals surface area contributed by atoms with Crippen LogP contribution < -0.4 is 14.9 Å². The van der Waals surface area contributed by atoms with Crippen molar-refractivity contribution in [1.82, 2.24) is 4.72 Å². The molecule has 4 nitrogen and oxygen atoms in total. The third-order valence-corrected chi connectivity index (χ3v) is 3.81. The Morgan fingerprint density at radius 3 is 3.06 bits per heavy atom. The Morgan fingerprint density at radius 2 is 2.35 bits per heavy atom. The van der Waals surface area contributed by atoms with Crippen molar-refractivity contribution in [1.29, 1.82) is 0 Å². The minimum Gasteiger partial charge on any atom is -0.354 e. The standard InChI is InChI=1S/C12H15N3OS/c1-8(16)14-9-2-5-11-12(6-9)17-13-7-15(11)10-3-4-10/h2,5-6,10,13H,3-4,7H2,1H3,(H,14,16). The van der Waals surface area contributed by atoms with Crippen LogP contribution >= 0.6 is 11.9 Å². The van der Waals surface area contributed by atoms with Gasteiger partial charge in [0.25, 0.3) is 0 Å². The fraction of sp³-hybridized carbons (Fsp3) is 0.417. The maximum atomic E-state index is 11.0. The van der Waals surface area contributed by atoms with Gasteiger partial charge in [0.2, 0.25) is 5.91 Å². The third kappa shape index (κ3) is 2.25. The summed E-state index contributed by atoms with van der Waals surface area (Å²) in [5, 5.41) is 2.82. The van der Waals surface area contributed by atoms with Crippen molar-refractivity contribution < 1.29 is 4.79 Å². The zero-order chi connectivity index (χ0) is 11.8. The van der Waals surface area contributed by atoms with Crippen LogP contribution in [0, 0.1) is 0 Å². The van der Waals surface area contributed by atoms with Crippen LogP contribution in [0.3, 0.4) is 0 Å². The van der Waals surface area contributed by atoms with Crippen LogP contribution in [-0.4, -0.2) is 18.6 Å². The number of benzene rings is 1. The molecule has 2 N–H and O–H groups in total. The number of hydrogen-bond donors (Lipinski definition) is 2. The van der Waals surface area contributed by atoms with Crippen LogP contribution in [-0.2, 0) is 4.79 Å². The molecule has 0 bridgehead atoms. The Morgan fingerprint density at radius 1 is 1.53 bits per heavy atom. The van der Waals surface area contributed by atoms with E-state index < -0.39 is 0 Å². The first-order valence-corrected chi connectivity index (χ1v) is 6.63. The summed E-state index contributed by atoms with van der Waals surface area (Å²) in [5.74, 6) is -0.0298. The van der Waals surface area contributed by atoms with E-state index in [2.05, 4.69) is 21.0 Å². The molecule has 1 aromatic carbocycles. The zero-order valence-electron chi connectivity index (χ0n) is 9.69. The normalized spacial score (nSPS) is 18.8. The van der Waals surface area contributed by atoms with E-state index in [9.17, 15) is 4.79 Å². The topological polar surface area (TPSA) is 44.4 Å². The van der Waals surface area contributed by atoms with Crippen molar-refractivity contribution in [3.05, 3.63) is 18.2 Å². The highest BCUT2D eigenvalue weighted by Crippen LogP contribution is 2.40. The van der Waals surface area contributed by atoms with Gasteiger partial charge in [0.1, 0.15) is 0 Å². The van der Waals surface area contributed by atoms with Gasteiger partial charge >= 0.3 is 0 Å². The molecule has 5 heteroatoms. The number of nitrogens with zero attached hydrogens (tertiary/aromatic N) is 1. The van der Waals surface area contributed by atoms with Gasteiger partial charge in [0.15, 0.2) is 0 Å². The first kappa shape index (κ1) is 10.9. The summed E-state index contributed by atoms with van der Waals surface area (Å²) in [5.41, 5.74) is 2.15. The molecule has 0 aromatic heterocycles. The summed E-state index contributed by atoms with van der Waals surface area (Å²) in [7, 11) is 0. The molecule has 1 aliphatic heterocycles. The molecular weight excluding hydrogens is 234 g/mol. The molecule has 0 spiro atoms. The van der Waals surface area contributed by atoms with Crippen LogP contribution in [0.4, 0.5) is 11.4 Å². The number of hydrogen-bond acceptors (Lipinski definition) is 4. The number of rotatable bonds is 2. The summed E-state index contributed by atoms with van der Waals surface area (Å²) in [6, 6.07) is 6.81. The molecule has 1 amide bonds. The second-order valence-electron chi connectivity index (χ2n) is 4.47. The Hall–Kier alpha value is -1.20. The lowest BCUT2D eigenvalue weighted by atomic mass is 10.2. The molecule has 0 atom stereocenters. The van der Waals surface area contributed by atoms with Crippen molar-refractivity contribution in [3.8, 4) is 0 Å². The molecule has 1 fully saturated rings. The summed E-state index contributed by atoms with van der Waals surface area (Å²) in [6.45, 7) is 2.43. The van der Waals surface area contributed by atoms with Gasteiger partial charge in [-0.15, -0.1) is 0 Å². The summed E-state index contributed by atoms with van der Waals surface area (Å²) < 4.78 is 3.32. The summed E-state index contributed by atoms with van der Waals surface area (Å²) >= 11 is 1.64. The largest absolute Gasteiger partial charge is 0.354 e. The number of carbonyl (C=O) groups is 1. The fourth-order valence-corrected chi connectivity index (χ4v) is 2.93. The predicted molar refractivity (Wildman–Crippen MR) is 70.1 cm³/mol. The van der Waals surface area contributed by atoms with Gasteiger partial charge in [-0.25, -0.2) is 4.72 Å². The van der Waals surface area contributed by atoms with Crippen LogP contribution in [0.5, 0.6) is 0 Å². The zero-order valence-corrected chi connectivity index (χ0v) is 10.5. The van der Waals surface area contributed by atoms with E-state index in [0.29, 0.717) is 6.04 Å². The lowest BCUT2D eigenvalue weighted by Gasteiger charge is -2.31. The van der Waals surface area contributed by atoms with Crippen LogP contribution in [0.2, 0.25) is 0 Å². The lowest BCUT2D eigenvalue weighted by molar-refractivity contribution is -0.114. The first-order chi connectivity index (χ1) is 8.24. The van der Waals surface area contributed by atoms with Gasteiger partial charge in [-0.1, -0.05) is 0 Å². The second kappa shape index (κ2) is 4.23. The smallest absolute Gasteiger partial charge is 0.221 e. The van der Waals surface area contributed by atoms with Gasteiger partial charge < -0.3 is 10.2 Å². The first-order valence-electron chi connectivity index (χ1n) is 5.82. The molecule has 1 heterocycles. The molecule has 0 unspecified atom stereocenters. The highest BCUT2D eigenvalue weighted by Gasteiger charge is 2.32. The lowest BCUT2D eigenvalue weighted by Crippen LogP contribution is -2.36. The maximum absolute atomic E-state index is 11.0. The summed E-state index contributed by atoms with van der Waals surface area (Å²) in [6.07, 6.45) is 2.58. The fourth-order valence-electron chi connectivity index (χ4n) is 2.09. The van der Waals surface area contributed by atoms with Crippen LogP contribution in [0.25, 0.3) is 0 Å². The maximum Gasteiger partial charge on any atom is 0.221 e. The Bertz CT molecular complexity index is 459.